The van der Waals surface area contributed by atoms with Crippen LogP contribution in [0.4, 0.5) is 11.4 Å². The fraction of sp³-hybridized carbons (Fsp3) is 0.192. The lowest BCUT2D eigenvalue weighted by molar-refractivity contribution is 0.0976. The van der Waals surface area contributed by atoms with Crippen LogP contribution in [0.3, 0.4) is 0 Å². The number of hydrogen-bond acceptors (Lipinski definition) is 3. The predicted octanol–water partition coefficient (Wildman–Crippen LogP) is 6.33. The predicted molar refractivity (Wildman–Crippen MR) is 139 cm³/mol. The van der Waals surface area contributed by atoms with Crippen molar-refractivity contribution in [2.45, 2.75) is 33.1 Å². The zero-order chi connectivity index (χ0) is 24.2. The fourth-order valence-electron chi connectivity index (χ4n) is 3.10. The lowest BCUT2D eigenvalue weighted by atomic mass is 9.87. The molecular weight excluding hydrogens is 454 g/mol. The average molecular weight is 480 g/mol. The third-order valence-electron chi connectivity index (χ3n) is 5.01. The highest BCUT2D eigenvalue weighted by Gasteiger charge is 2.15. The van der Waals surface area contributed by atoms with E-state index in [1.54, 1.807) is 36.4 Å². The van der Waals surface area contributed by atoms with E-state index in [-0.39, 0.29) is 22.3 Å². The molecule has 0 aromatic heterocycles. The van der Waals surface area contributed by atoms with Gasteiger partial charge in [-0.05, 0) is 84.2 Å². The summed E-state index contributed by atoms with van der Waals surface area (Å²) in [5, 5.41) is 8.95. The van der Waals surface area contributed by atoms with Gasteiger partial charge in [-0.25, -0.2) is 0 Å². The number of amides is 2. The van der Waals surface area contributed by atoms with Crippen LogP contribution in [-0.4, -0.2) is 16.9 Å². The molecule has 7 heteroatoms. The van der Waals surface area contributed by atoms with Gasteiger partial charge in [-0.2, -0.15) is 0 Å². The van der Waals surface area contributed by atoms with Gasteiger partial charge in [0.05, 0.1) is 10.6 Å². The lowest BCUT2D eigenvalue weighted by Gasteiger charge is -2.19. The monoisotopic (exact) mass is 479 g/mol. The van der Waals surface area contributed by atoms with E-state index in [9.17, 15) is 9.59 Å². The standard InChI is InChI=1S/C26H26ClN3O2S/c1-16-5-14-21(22(27)15-16)24(32)30-25(33)29-20-12-10-19(11-13-20)28-23(31)17-6-8-18(9-7-17)26(2,3)4/h5-15H,1-4H3,(H,28,31)(H2,29,30,32,33). The maximum atomic E-state index is 12.5. The van der Waals surface area contributed by atoms with Gasteiger partial charge in [-0.15, -0.1) is 0 Å². The van der Waals surface area contributed by atoms with Crippen molar-refractivity contribution in [2.24, 2.45) is 0 Å². The van der Waals surface area contributed by atoms with E-state index in [0.717, 1.165) is 5.56 Å². The second kappa shape index (κ2) is 10.1. The van der Waals surface area contributed by atoms with Gasteiger partial charge in [0.15, 0.2) is 5.11 Å². The molecule has 0 heterocycles. The Balaban J connectivity index is 1.57. The van der Waals surface area contributed by atoms with Crippen molar-refractivity contribution in [3.8, 4) is 0 Å². The molecular formula is C26H26ClN3O2S. The molecule has 0 aliphatic carbocycles. The third kappa shape index (κ3) is 6.63. The number of rotatable bonds is 4. The summed E-state index contributed by atoms with van der Waals surface area (Å²) in [6, 6.07) is 19.8. The second-order valence-corrected chi connectivity index (χ2v) is 9.57. The summed E-state index contributed by atoms with van der Waals surface area (Å²) in [5.74, 6) is -0.576. The quantitative estimate of drug-likeness (QED) is 0.382. The van der Waals surface area contributed by atoms with Crippen molar-refractivity contribution in [1.29, 1.82) is 0 Å². The molecule has 0 atom stereocenters. The normalized spacial score (nSPS) is 10.9. The smallest absolute Gasteiger partial charge is 0.258 e. The van der Waals surface area contributed by atoms with Crippen molar-refractivity contribution in [3.63, 3.8) is 0 Å². The van der Waals surface area contributed by atoms with Crippen molar-refractivity contribution in [2.75, 3.05) is 10.6 Å². The number of anilines is 2. The molecule has 33 heavy (non-hydrogen) atoms. The molecule has 0 saturated heterocycles. The zero-order valence-corrected chi connectivity index (χ0v) is 20.5. The molecule has 0 spiro atoms. The Labute approximate surface area is 204 Å². The van der Waals surface area contributed by atoms with E-state index in [2.05, 4.69) is 36.7 Å². The van der Waals surface area contributed by atoms with Gasteiger partial charge in [0, 0.05) is 16.9 Å². The number of nitrogens with one attached hydrogen (secondary N) is 3. The summed E-state index contributed by atoms with van der Waals surface area (Å²) < 4.78 is 0. The van der Waals surface area contributed by atoms with Crippen LogP contribution in [0, 0.1) is 6.92 Å². The zero-order valence-electron chi connectivity index (χ0n) is 19.0. The Morgan fingerprint density at radius 3 is 1.94 bits per heavy atom. The van der Waals surface area contributed by atoms with Crippen molar-refractivity contribution < 1.29 is 9.59 Å². The summed E-state index contributed by atoms with van der Waals surface area (Å²) >= 11 is 11.4. The fourth-order valence-corrected chi connectivity index (χ4v) is 3.63. The maximum Gasteiger partial charge on any atom is 0.258 e. The number of benzene rings is 3. The van der Waals surface area contributed by atoms with Crippen LogP contribution < -0.4 is 16.0 Å². The first-order valence-electron chi connectivity index (χ1n) is 10.4. The molecule has 0 aliphatic rings. The Bertz CT molecular complexity index is 1180. The maximum absolute atomic E-state index is 12.5. The Hall–Kier alpha value is -3.22. The van der Waals surface area contributed by atoms with Gasteiger partial charge >= 0.3 is 0 Å². The Kier molecular flexibility index (Phi) is 7.51. The lowest BCUT2D eigenvalue weighted by Crippen LogP contribution is -2.34. The van der Waals surface area contributed by atoms with Gasteiger partial charge in [-0.3, -0.25) is 14.9 Å². The van der Waals surface area contributed by atoms with Crippen molar-refractivity contribution in [3.05, 3.63) is 94.0 Å². The SMILES string of the molecule is Cc1ccc(C(=O)NC(=S)Nc2ccc(NC(=O)c3ccc(C(C)(C)C)cc3)cc2)c(Cl)c1. The molecule has 0 aliphatic heterocycles. The summed E-state index contributed by atoms with van der Waals surface area (Å²) in [6.45, 7) is 8.29. The van der Waals surface area contributed by atoms with Gasteiger partial charge < -0.3 is 10.6 Å². The van der Waals surface area contributed by atoms with E-state index in [4.69, 9.17) is 23.8 Å². The van der Waals surface area contributed by atoms with Gasteiger partial charge in [-0.1, -0.05) is 50.6 Å². The molecule has 3 aromatic carbocycles. The van der Waals surface area contributed by atoms with E-state index in [0.29, 0.717) is 27.5 Å². The van der Waals surface area contributed by atoms with E-state index >= 15 is 0 Å². The molecule has 170 valence electrons. The number of aryl methyl sites for hydroxylation is 1. The van der Waals surface area contributed by atoms with Gasteiger partial charge in [0.1, 0.15) is 0 Å². The Morgan fingerprint density at radius 1 is 0.818 bits per heavy atom. The molecule has 3 rings (SSSR count). The first-order valence-corrected chi connectivity index (χ1v) is 11.2. The first-order chi connectivity index (χ1) is 15.5. The topological polar surface area (TPSA) is 70.2 Å². The van der Waals surface area contributed by atoms with Crippen LogP contribution in [0.2, 0.25) is 5.02 Å². The summed E-state index contributed by atoms with van der Waals surface area (Å²) in [4.78, 5) is 24.9. The highest BCUT2D eigenvalue weighted by Crippen LogP contribution is 2.23. The van der Waals surface area contributed by atoms with E-state index in [1.165, 1.54) is 5.56 Å². The molecule has 0 unspecified atom stereocenters. The van der Waals surface area contributed by atoms with Crippen LogP contribution in [-0.2, 0) is 5.41 Å². The average Bonchev–Trinajstić information content (AvgIpc) is 2.74. The van der Waals surface area contributed by atoms with E-state index < -0.39 is 0 Å². The number of thiocarbonyl (C=S) groups is 1. The van der Waals surface area contributed by atoms with Crippen molar-refractivity contribution in [1.82, 2.24) is 5.32 Å². The van der Waals surface area contributed by atoms with Crippen molar-refractivity contribution >= 4 is 52.1 Å². The molecule has 2 amide bonds. The van der Waals surface area contributed by atoms with Crippen LogP contribution in [0.15, 0.2) is 66.7 Å². The van der Waals surface area contributed by atoms with Crippen LogP contribution in [0.5, 0.6) is 0 Å². The Morgan fingerprint density at radius 2 is 1.39 bits per heavy atom. The molecule has 3 N–H and O–H groups in total. The molecule has 5 nitrogen and oxygen atoms in total. The first kappa shape index (κ1) is 24.4. The van der Waals surface area contributed by atoms with Gasteiger partial charge in [0.25, 0.3) is 11.8 Å². The molecule has 0 radical (unpaired) electrons. The summed E-state index contributed by atoms with van der Waals surface area (Å²) in [7, 11) is 0. The number of halogens is 1. The largest absolute Gasteiger partial charge is 0.332 e. The highest BCUT2D eigenvalue weighted by atomic mass is 35.5. The number of carbonyl (C=O) groups is 2. The van der Waals surface area contributed by atoms with E-state index in [1.807, 2.05) is 37.3 Å². The van der Waals surface area contributed by atoms with Crippen LogP contribution in [0.1, 0.15) is 52.6 Å². The number of hydrogen-bond donors (Lipinski definition) is 3. The number of carbonyl (C=O) groups excluding carboxylic acids is 2. The minimum atomic E-state index is -0.390. The van der Waals surface area contributed by atoms with Crippen LogP contribution in [0.25, 0.3) is 0 Å². The summed E-state index contributed by atoms with van der Waals surface area (Å²) in [6.07, 6.45) is 0. The highest BCUT2D eigenvalue weighted by molar-refractivity contribution is 7.80. The third-order valence-corrected chi connectivity index (χ3v) is 5.53. The van der Waals surface area contributed by atoms with Crippen LogP contribution >= 0.6 is 23.8 Å². The summed E-state index contributed by atoms with van der Waals surface area (Å²) in [5.41, 5.74) is 4.41. The minimum absolute atomic E-state index is 0.0320. The molecule has 0 saturated carbocycles. The minimum Gasteiger partial charge on any atom is -0.332 e. The molecule has 0 fully saturated rings. The molecule has 0 bridgehead atoms. The second-order valence-electron chi connectivity index (χ2n) is 8.75. The molecule has 3 aromatic rings. The van der Waals surface area contributed by atoms with Gasteiger partial charge in [0.2, 0.25) is 0 Å².